The molecule has 2 amide bonds. The third-order valence-electron chi connectivity index (χ3n) is 2.70. The van der Waals surface area contributed by atoms with Crippen LogP contribution in [0, 0.1) is 6.92 Å². The number of aromatic nitrogens is 1. The first-order valence-corrected chi connectivity index (χ1v) is 6.74. The van der Waals surface area contributed by atoms with E-state index in [1.807, 2.05) is 6.92 Å². The third kappa shape index (κ3) is 4.39. The van der Waals surface area contributed by atoms with E-state index in [-0.39, 0.29) is 0 Å². The van der Waals surface area contributed by atoms with Crippen molar-refractivity contribution in [3.05, 3.63) is 58.9 Å². The number of nitrogens with zero attached hydrogens (tertiary/aromatic N) is 2. The molecule has 0 radical (unpaired) electrons. The number of hydrazone groups is 1. The van der Waals surface area contributed by atoms with Crippen LogP contribution in [-0.4, -0.2) is 23.0 Å². The fraction of sp³-hybridized carbons (Fsp3) is 0.0667. The molecule has 2 rings (SSSR count). The fourth-order valence-electron chi connectivity index (χ4n) is 1.53. The Morgan fingerprint density at radius 2 is 2.09 bits per heavy atom. The number of nitrogens with one attached hydrogen (secondary N) is 2. The van der Waals surface area contributed by atoms with Gasteiger partial charge in [-0.2, -0.15) is 5.10 Å². The van der Waals surface area contributed by atoms with Crippen LogP contribution in [0.1, 0.15) is 11.1 Å². The van der Waals surface area contributed by atoms with E-state index in [0.29, 0.717) is 16.3 Å². The summed E-state index contributed by atoms with van der Waals surface area (Å²) in [5, 5.41) is 6.63. The van der Waals surface area contributed by atoms with Crippen LogP contribution in [0.15, 0.2) is 47.8 Å². The molecule has 1 aromatic carbocycles. The SMILES string of the molecule is Cc1ccc(NC(=O)C(=O)N/N=C/c2cccnc2)cc1Cl. The number of carbonyl (C=O) groups is 2. The number of rotatable bonds is 3. The Labute approximate surface area is 132 Å². The van der Waals surface area contributed by atoms with Gasteiger partial charge in [0.25, 0.3) is 0 Å². The van der Waals surface area contributed by atoms with Crippen LogP contribution >= 0.6 is 11.6 Å². The van der Waals surface area contributed by atoms with Crippen LogP contribution in [0.5, 0.6) is 0 Å². The maximum absolute atomic E-state index is 11.7. The summed E-state index contributed by atoms with van der Waals surface area (Å²) in [5.74, 6) is -1.71. The van der Waals surface area contributed by atoms with Gasteiger partial charge in [-0.25, -0.2) is 5.43 Å². The maximum atomic E-state index is 11.7. The predicted molar refractivity (Wildman–Crippen MR) is 84.8 cm³/mol. The first-order chi connectivity index (χ1) is 10.6. The van der Waals surface area contributed by atoms with Crippen molar-refractivity contribution in [2.75, 3.05) is 5.32 Å². The number of hydrogen-bond donors (Lipinski definition) is 2. The zero-order chi connectivity index (χ0) is 15.9. The van der Waals surface area contributed by atoms with Crippen molar-refractivity contribution in [1.29, 1.82) is 0 Å². The topological polar surface area (TPSA) is 83.5 Å². The molecule has 0 aliphatic heterocycles. The van der Waals surface area contributed by atoms with E-state index in [4.69, 9.17) is 11.6 Å². The summed E-state index contributed by atoms with van der Waals surface area (Å²) in [6.45, 7) is 1.84. The molecule has 1 heterocycles. The second kappa shape index (κ2) is 7.33. The highest BCUT2D eigenvalue weighted by molar-refractivity contribution is 6.39. The summed E-state index contributed by atoms with van der Waals surface area (Å²) in [6.07, 6.45) is 4.58. The highest BCUT2D eigenvalue weighted by Gasteiger charge is 2.13. The van der Waals surface area contributed by atoms with Crippen molar-refractivity contribution in [1.82, 2.24) is 10.4 Å². The molecule has 0 spiro atoms. The van der Waals surface area contributed by atoms with Gasteiger partial charge in [0.1, 0.15) is 0 Å². The van der Waals surface area contributed by atoms with Gasteiger partial charge in [-0.1, -0.05) is 23.7 Å². The number of carbonyl (C=O) groups excluding carboxylic acids is 2. The van der Waals surface area contributed by atoms with Crippen molar-refractivity contribution in [2.45, 2.75) is 6.92 Å². The lowest BCUT2D eigenvalue weighted by Gasteiger charge is -2.05. The molecular weight excluding hydrogens is 304 g/mol. The lowest BCUT2D eigenvalue weighted by Crippen LogP contribution is -2.32. The van der Waals surface area contributed by atoms with Gasteiger partial charge in [0.15, 0.2) is 0 Å². The van der Waals surface area contributed by atoms with Gasteiger partial charge < -0.3 is 5.32 Å². The van der Waals surface area contributed by atoms with E-state index >= 15 is 0 Å². The molecule has 7 heteroatoms. The van der Waals surface area contributed by atoms with Gasteiger partial charge in [-0.3, -0.25) is 14.6 Å². The molecule has 0 saturated heterocycles. The molecule has 0 atom stereocenters. The Bertz CT molecular complexity index is 717. The van der Waals surface area contributed by atoms with Crippen molar-refractivity contribution >= 4 is 35.3 Å². The van der Waals surface area contributed by atoms with E-state index in [9.17, 15) is 9.59 Å². The van der Waals surface area contributed by atoms with Crippen molar-refractivity contribution in [2.24, 2.45) is 5.10 Å². The molecule has 6 nitrogen and oxygen atoms in total. The molecular formula is C15H13ClN4O2. The van der Waals surface area contributed by atoms with Crippen molar-refractivity contribution in [3.63, 3.8) is 0 Å². The van der Waals surface area contributed by atoms with Gasteiger partial charge in [-0.05, 0) is 30.7 Å². The number of aryl methyl sites for hydroxylation is 1. The molecule has 1 aromatic heterocycles. The number of hydrogen-bond acceptors (Lipinski definition) is 4. The summed E-state index contributed by atoms with van der Waals surface area (Å²) in [6, 6.07) is 8.47. The minimum atomic E-state index is -0.878. The largest absolute Gasteiger partial charge is 0.329 e. The van der Waals surface area contributed by atoms with Gasteiger partial charge in [-0.15, -0.1) is 0 Å². The molecule has 2 N–H and O–H groups in total. The molecule has 0 saturated carbocycles. The van der Waals surface area contributed by atoms with Crippen LogP contribution in [-0.2, 0) is 9.59 Å². The van der Waals surface area contributed by atoms with E-state index in [2.05, 4.69) is 20.8 Å². The maximum Gasteiger partial charge on any atom is 0.329 e. The Balaban J connectivity index is 1.90. The van der Waals surface area contributed by atoms with Gasteiger partial charge in [0, 0.05) is 28.7 Å². The average molecular weight is 317 g/mol. The van der Waals surface area contributed by atoms with Crippen LogP contribution < -0.4 is 10.7 Å². The quantitative estimate of drug-likeness (QED) is 0.517. The van der Waals surface area contributed by atoms with E-state index in [0.717, 1.165) is 5.56 Å². The lowest BCUT2D eigenvalue weighted by molar-refractivity contribution is -0.136. The van der Waals surface area contributed by atoms with Crippen LogP contribution in [0.25, 0.3) is 0 Å². The number of pyridine rings is 1. The summed E-state index contributed by atoms with van der Waals surface area (Å²) in [5.41, 5.74) is 4.15. The monoisotopic (exact) mass is 316 g/mol. The summed E-state index contributed by atoms with van der Waals surface area (Å²) in [7, 11) is 0. The smallest absolute Gasteiger partial charge is 0.318 e. The Hall–Kier alpha value is -2.73. The molecule has 0 unspecified atom stereocenters. The predicted octanol–water partition coefficient (Wildman–Crippen LogP) is 2.13. The number of anilines is 1. The first-order valence-electron chi connectivity index (χ1n) is 6.37. The summed E-state index contributed by atoms with van der Waals surface area (Å²) in [4.78, 5) is 27.2. The van der Waals surface area contributed by atoms with Gasteiger partial charge in [0.2, 0.25) is 0 Å². The lowest BCUT2D eigenvalue weighted by atomic mass is 10.2. The molecule has 112 valence electrons. The Kier molecular flexibility index (Phi) is 5.21. The molecule has 0 aliphatic rings. The second-order valence-corrected chi connectivity index (χ2v) is 4.81. The van der Waals surface area contributed by atoms with E-state index < -0.39 is 11.8 Å². The van der Waals surface area contributed by atoms with Crippen molar-refractivity contribution < 1.29 is 9.59 Å². The normalized spacial score (nSPS) is 10.5. The summed E-state index contributed by atoms with van der Waals surface area (Å²) < 4.78 is 0. The third-order valence-corrected chi connectivity index (χ3v) is 3.11. The minimum Gasteiger partial charge on any atom is -0.318 e. The average Bonchev–Trinajstić information content (AvgIpc) is 2.52. The van der Waals surface area contributed by atoms with Crippen LogP contribution in [0.3, 0.4) is 0 Å². The van der Waals surface area contributed by atoms with Crippen LogP contribution in [0.4, 0.5) is 5.69 Å². The van der Waals surface area contributed by atoms with Gasteiger partial charge >= 0.3 is 11.8 Å². The second-order valence-electron chi connectivity index (χ2n) is 4.40. The Morgan fingerprint density at radius 3 is 2.77 bits per heavy atom. The molecule has 0 bridgehead atoms. The van der Waals surface area contributed by atoms with E-state index in [1.165, 1.54) is 6.21 Å². The Morgan fingerprint density at radius 1 is 1.27 bits per heavy atom. The zero-order valence-electron chi connectivity index (χ0n) is 11.7. The van der Waals surface area contributed by atoms with E-state index in [1.54, 1.807) is 42.7 Å². The summed E-state index contributed by atoms with van der Waals surface area (Å²) >= 11 is 5.95. The highest BCUT2D eigenvalue weighted by Crippen LogP contribution is 2.19. The number of halogens is 1. The van der Waals surface area contributed by atoms with Crippen molar-refractivity contribution in [3.8, 4) is 0 Å². The zero-order valence-corrected chi connectivity index (χ0v) is 12.5. The van der Waals surface area contributed by atoms with Crippen LogP contribution in [0.2, 0.25) is 5.02 Å². The molecule has 0 fully saturated rings. The number of benzene rings is 1. The van der Waals surface area contributed by atoms with Gasteiger partial charge in [0.05, 0.1) is 6.21 Å². The highest BCUT2D eigenvalue weighted by atomic mass is 35.5. The molecule has 22 heavy (non-hydrogen) atoms. The standard InChI is InChI=1S/C15H13ClN4O2/c1-10-4-5-12(7-13(10)16)19-14(21)15(22)20-18-9-11-3-2-6-17-8-11/h2-9H,1H3,(H,19,21)(H,20,22)/b18-9+. The minimum absolute atomic E-state index is 0.437. The first kappa shape index (κ1) is 15.7. The molecule has 0 aliphatic carbocycles. The fourth-order valence-corrected chi connectivity index (χ4v) is 1.71. The number of amides is 2. The molecule has 2 aromatic rings.